The van der Waals surface area contributed by atoms with Crippen LogP contribution in [-0.4, -0.2) is 30.6 Å². The molecule has 0 aliphatic rings. The molecule has 7 heteroatoms. The fraction of sp³-hybridized carbons (Fsp3) is 0.125. The number of rotatable bonds is 5. The van der Waals surface area contributed by atoms with Gasteiger partial charge in [-0.3, -0.25) is 0 Å². The molecule has 0 radical (unpaired) electrons. The van der Waals surface area contributed by atoms with E-state index in [0.29, 0.717) is 5.56 Å². The van der Waals surface area contributed by atoms with Crippen LogP contribution in [0.25, 0.3) is 0 Å². The monoisotopic (exact) mass is 334 g/mol. The molecular weight excluding hydrogens is 320 g/mol. The van der Waals surface area contributed by atoms with Gasteiger partial charge in [-0.15, -0.1) is 0 Å². The molecule has 0 saturated heterocycles. The lowest BCUT2D eigenvalue weighted by atomic mass is 10.1. The molecule has 0 aromatic heterocycles. The number of aromatic carboxylic acids is 2. The molecule has 2 aromatic rings. The molecule has 0 amide bonds. The molecule has 23 heavy (non-hydrogen) atoms. The summed E-state index contributed by atoms with van der Waals surface area (Å²) < 4.78 is 25.4. The molecule has 2 rings (SSSR count). The molecule has 1 atom stereocenters. The smallest absolute Gasteiger partial charge is 0.335 e. The lowest BCUT2D eigenvalue weighted by molar-refractivity contribution is 0.0696. The van der Waals surface area contributed by atoms with Crippen LogP contribution in [0.15, 0.2) is 53.4 Å². The molecule has 0 aliphatic carbocycles. The van der Waals surface area contributed by atoms with E-state index in [1.54, 1.807) is 30.3 Å². The van der Waals surface area contributed by atoms with Gasteiger partial charge in [-0.2, -0.15) is 0 Å². The molecule has 0 saturated carbocycles. The number of carbonyl (C=O) groups is 2. The Morgan fingerprint density at radius 1 is 0.913 bits per heavy atom. The number of sulfone groups is 1. The van der Waals surface area contributed by atoms with Gasteiger partial charge in [-0.05, 0) is 30.7 Å². The van der Waals surface area contributed by atoms with Gasteiger partial charge >= 0.3 is 11.9 Å². The zero-order valence-corrected chi connectivity index (χ0v) is 12.9. The Morgan fingerprint density at radius 2 is 1.39 bits per heavy atom. The Bertz CT molecular complexity index is 823. The summed E-state index contributed by atoms with van der Waals surface area (Å²) in [5.41, 5.74) is -0.238. The molecule has 0 fully saturated rings. The second-order valence-corrected chi connectivity index (χ2v) is 7.22. The van der Waals surface area contributed by atoms with E-state index in [0.717, 1.165) is 18.2 Å². The van der Waals surface area contributed by atoms with Crippen molar-refractivity contribution in [1.82, 2.24) is 0 Å². The number of hydrogen-bond donors (Lipinski definition) is 2. The molecule has 1 unspecified atom stereocenters. The molecule has 6 nitrogen and oxygen atoms in total. The van der Waals surface area contributed by atoms with Crippen LogP contribution in [-0.2, 0) is 9.84 Å². The maximum Gasteiger partial charge on any atom is 0.335 e. The van der Waals surface area contributed by atoms with Crippen molar-refractivity contribution in [1.29, 1.82) is 0 Å². The van der Waals surface area contributed by atoms with E-state index in [4.69, 9.17) is 10.2 Å². The lowest BCUT2D eigenvalue weighted by Crippen LogP contribution is -2.13. The van der Waals surface area contributed by atoms with E-state index in [1.807, 2.05) is 0 Å². The van der Waals surface area contributed by atoms with Crippen LogP contribution in [0.5, 0.6) is 0 Å². The van der Waals surface area contributed by atoms with Crippen LogP contribution in [0.3, 0.4) is 0 Å². The normalized spacial score (nSPS) is 12.6. The minimum Gasteiger partial charge on any atom is -0.478 e. The number of carboxylic acids is 2. The summed E-state index contributed by atoms with van der Waals surface area (Å²) in [5.74, 6) is -2.78. The standard InChI is InChI=1S/C16H14O6S/c1-10(11-5-3-2-4-6-11)23(21,22)14-8-12(15(17)18)7-13(9-14)16(19)20/h2-10H,1H3,(H,17,18)(H,19,20). The molecule has 0 aliphatic heterocycles. The van der Waals surface area contributed by atoms with Gasteiger partial charge in [0.15, 0.2) is 9.84 Å². The van der Waals surface area contributed by atoms with Gasteiger partial charge in [0, 0.05) is 0 Å². The summed E-state index contributed by atoms with van der Waals surface area (Å²) >= 11 is 0. The highest BCUT2D eigenvalue weighted by Gasteiger charge is 2.27. The summed E-state index contributed by atoms with van der Waals surface area (Å²) in [6.07, 6.45) is 0. The maximum absolute atomic E-state index is 12.7. The Kier molecular flexibility index (Phi) is 4.51. The lowest BCUT2D eigenvalue weighted by Gasteiger charge is -2.14. The Labute approximate surface area is 132 Å². The quantitative estimate of drug-likeness (QED) is 0.870. The Hall–Kier alpha value is -2.67. The van der Waals surface area contributed by atoms with Crippen molar-refractivity contribution in [3.8, 4) is 0 Å². The van der Waals surface area contributed by atoms with Crippen LogP contribution in [0.1, 0.15) is 38.5 Å². The third-order valence-electron chi connectivity index (χ3n) is 3.46. The Morgan fingerprint density at radius 3 is 1.83 bits per heavy atom. The first-order valence-electron chi connectivity index (χ1n) is 6.64. The summed E-state index contributed by atoms with van der Waals surface area (Å²) in [4.78, 5) is 21.9. The van der Waals surface area contributed by atoms with E-state index in [1.165, 1.54) is 6.92 Å². The average molecular weight is 334 g/mol. The highest BCUT2D eigenvalue weighted by Crippen LogP contribution is 2.29. The van der Waals surface area contributed by atoms with E-state index in [9.17, 15) is 18.0 Å². The van der Waals surface area contributed by atoms with Gasteiger partial charge < -0.3 is 10.2 Å². The predicted octanol–water partition coefficient (Wildman–Crippen LogP) is 2.62. The minimum atomic E-state index is -3.93. The van der Waals surface area contributed by atoms with Crippen molar-refractivity contribution in [2.45, 2.75) is 17.1 Å². The average Bonchev–Trinajstić information content (AvgIpc) is 2.54. The molecule has 2 N–H and O–H groups in total. The fourth-order valence-electron chi connectivity index (χ4n) is 2.12. The van der Waals surface area contributed by atoms with E-state index >= 15 is 0 Å². The van der Waals surface area contributed by atoms with Crippen LogP contribution >= 0.6 is 0 Å². The molecule has 0 bridgehead atoms. The second-order valence-electron chi connectivity index (χ2n) is 4.95. The summed E-state index contributed by atoms with van der Waals surface area (Å²) in [7, 11) is -3.93. The fourth-order valence-corrected chi connectivity index (χ4v) is 3.62. The Balaban J connectivity index is 2.59. The first-order valence-corrected chi connectivity index (χ1v) is 8.18. The van der Waals surface area contributed by atoms with E-state index < -0.39 is 27.0 Å². The van der Waals surface area contributed by atoms with Crippen molar-refractivity contribution in [2.24, 2.45) is 0 Å². The highest BCUT2D eigenvalue weighted by molar-refractivity contribution is 7.91. The summed E-state index contributed by atoms with van der Waals surface area (Å²) in [5, 5.41) is 17.2. The number of benzene rings is 2. The predicted molar refractivity (Wildman–Crippen MR) is 82.4 cm³/mol. The van der Waals surface area contributed by atoms with E-state index in [-0.39, 0.29) is 16.0 Å². The van der Waals surface area contributed by atoms with Gasteiger partial charge in [-0.1, -0.05) is 30.3 Å². The van der Waals surface area contributed by atoms with Gasteiger partial charge in [0.1, 0.15) is 0 Å². The van der Waals surface area contributed by atoms with Crippen LogP contribution < -0.4 is 0 Å². The van der Waals surface area contributed by atoms with Crippen molar-refractivity contribution in [3.63, 3.8) is 0 Å². The third-order valence-corrected chi connectivity index (χ3v) is 5.56. The van der Waals surface area contributed by atoms with Crippen LogP contribution in [0.4, 0.5) is 0 Å². The highest BCUT2D eigenvalue weighted by atomic mass is 32.2. The first kappa shape index (κ1) is 16.7. The minimum absolute atomic E-state index is 0.328. The molecule has 0 spiro atoms. The maximum atomic E-state index is 12.7. The third kappa shape index (κ3) is 3.40. The topological polar surface area (TPSA) is 109 Å². The zero-order chi connectivity index (χ0) is 17.2. The largest absolute Gasteiger partial charge is 0.478 e. The molecule has 2 aromatic carbocycles. The molecule has 0 heterocycles. The van der Waals surface area contributed by atoms with Gasteiger partial charge in [0.05, 0.1) is 21.3 Å². The van der Waals surface area contributed by atoms with Gasteiger partial charge in [0.25, 0.3) is 0 Å². The zero-order valence-electron chi connectivity index (χ0n) is 12.1. The number of hydrogen-bond acceptors (Lipinski definition) is 4. The summed E-state index contributed by atoms with van der Waals surface area (Å²) in [6, 6.07) is 11.3. The van der Waals surface area contributed by atoms with Gasteiger partial charge in [0.2, 0.25) is 0 Å². The summed E-state index contributed by atoms with van der Waals surface area (Å²) in [6.45, 7) is 1.47. The SMILES string of the molecule is CC(c1ccccc1)S(=O)(=O)c1cc(C(=O)O)cc(C(=O)O)c1. The van der Waals surface area contributed by atoms with Crippen LogP contribution in [0, 0.1) is 0 Å². The first-order chi connectivity index (χ1) is 10.7. The molecular formula is C16H14O6S. The van der Waals surface area contributed by atoms with Crippen molar-refractivity contribution < 1.29 is 28.2 Å². The van der Waals surface area contributed by atoms with Crippen molar-refractivity contribution in [3.05, 3.63) is 65.2 Å². The van der Waals surface area contributed by atoms with Crippen molar-refractivity contribution >= 4 is 21.8 Å². The van der Waals surface area contributed by atoms with Gasteiger partial charge in [-0.25, -0.2) is 18.0 Å². The van der Waals surface area contributed by atoms with Crippen LogP contribution in [0.2, 0.25) is 0 Å². The second kappa shape index (κ2) is 6.21. The number of carboxylic acid groups (broad SMARTS) is 2. The van der Waals surface area contributed by atoms with E-state index in [2.05, 4.69) is 0 Å². The molecule has 120 valence electrons. The van der Waals surface area contributed by atoms with Crippen molar-refractivity contribution in [2.75, 3.05) is 0 Å².